The third kappa shape index (κ3) is 3.13. The highest BCUT2D eigenvalue weighted by Crippen LogP contribution is 2.67. The molecule has 0 spiro atoms. The molecule has 0 saturated heterocycles. The van der Waals surface area contributed by atoms with Crippen molar-refractivity contribution in [3.63, 3.8) is 0 Å². The van der Waals surface area contributed by atoms with Crippen LogP contribution >= 0.6 is 0 Å². The van der Waals surface area contributed by atoms with Crippen LogP contribution in [0.4, 0.5) is 0 Å². The summed E-state index contributed by atoms with van der Waals surface area (Å²) in [5, 5.41) is 0. The highest BCUT2D eigenvalue weighted by atomic mass is 16.6. The van der Waals surface area contributed by atoms with Gasteiger partial charge in [-0.05, 0) is 80.6 Å². The van der Waals surface area contributed by atoms with E-state index >= 15 is 0 Å². The molecule has 4 heteroatoms. The highest BCUT2D eigenvalue weighted by Gasteiger charge is 2.65. The smallest absolute Gasteiger partial charge is 0.304 e. The molecule has 4 nitrogen and oxygen atoms in total. The van der Waals surface area contributed by atoms with Crippen LogP contribution in [0.5, 0.6) is 0 Å². The zero-order chi connectivity index (χ0) is 21.0. The SMILES string of the molecule is C#C[C@]1(OC(C)=O)CC[C@H]2[C@@H]3CCC4=CC(OC(C)=O)CC[C@@H]4[C@H]3[C@@H](C)C[C@@]21C. The molecule has 0 aliphatic heterocycles. The van der Waals surface area contributed by atoms with E-state index in [1.54, 1.807) is 0 Å². The van der Waals surface area contributed by atoms with E-state index in [0.717, 1.165) is 44.9 Å². The summed E-state index contributed by atoms with van der Waals surface area (Å²) in [6.07, 6.45) is 15.3. The summed E-state index contributed by atoms with van der Waals surface area (Å²) < 4.78 is 11.4. The summed E-state index contributed by atoms with van der Waals surface area (Å²) in [7, 11) is 0. The Balaban J connectivity index is 1.62. The molecule has 3 saturated carbocycles. The minimum atomic E-state index is -0.758. The maximum Gasteiger partial charge on any atom is 0.304 e. The molecular weight excluding hydrogens is 364 g/mol. The topological polar surface area (TPSA) is 52.6 Å². The van der Waals surface area contributed by atoms with Crippen molar-refractivity contribution in [2.24, 2.45) is 35.0 Å². The van der Waals surface area contributed by atoms with Crippen molar-refractivity contribution in [2.45, 2.75) is 84.3 Å². The number of hydrogen-bond acceptors (Lipinski definition) is 4. The van der Waals surface area contributed by atoms with E-state index in [0.29, 0.717) is 29.6 Å². The lowest BCUT2D eigenvalue weighted by atomic mass is 9.48. The second-order valence-corrected chi connectivity index (χ2v) is 10.2. The van der Waals surface area contributed by atoms with Crippen molar-refractivity contribution >= 4 is 11.9 Å². The largest absolute Gasteiger partial charge is 0.458 e. The van der Waals surface area contributed by atoms with Crippen LogP contribution in [-0.2, 0) is 19.1 Å². The van der Waals surface area contributed by atoms with Crippen molar-refractivity contribution in [1.29, 1.82) is 0 Å². The Kier molecular flexibility index (Phi) is 5.08. The van der Waals surface area contributed by atoms with Crippen LogP contribution < -0.4 is 0 Å². The molecule has 0 aromatic carbocycles. The van der Waals surface area contributed by atoms with Gasteiger partial charge < -0.3 is 9.47 Å². The Morgan fingerprint density at radius 2 is 1.93 bits per heavy atom. The first-order chi connectivity index (χ1) is 13.7. The molecule has 4 aliphatic rings. The van der Waals surface area contributed by atoms with Crippen LogP contribution in [0.2, 0.25) is 0 Å². The molecule has 3 fully saturated rings. The number of carbonyl (C=O) groups excluding carboxylic acids is 2. The first kappa shape index (κ1) is 20.5. The summed E-state index contributed by atoms with van der Waals surface area (Å²) in [4.78, 5) is 23.3. The van der Waals surface area contributed by atoms with E-state index in [-0.39, 0.29) is 23.5 Å². The molecule has 158 valence electrons. The minimum Gasteiger partial charge on any atom is -0.458 e. The van der Waals surface area contributed by atoms with Gasteiger partial charge in [0.1, 0.15) is 6.10 Å². The Bertz CT molecular complexity index is 776. The fourth-order valence-corrected chi connectivity index (χ4v) is 7.85. The van der Waals surface area contributed by atoms with Crippen molar-refractivity contribution in [3.05, 3.63) is 11.6 Å². The average molecular weight is 399 g/mol. The van der Waals surface area contributed by atoms with Gasteiger partial charge in [-0.25, -0.2) is 0 Å². The fraction of sp³-hybridized carbons (Fsp3) is 0.760. The van der Waals surface area contributed by atoms with Gasteiger partial charge in [0.15, 0.2) is 5.60 Å². The normalized spacial score (nSPS) is 45.7. The van der Waals surface area contributed by atoms with E-state index in [2.05, 4.69) is 25.8 Å². The Morgan fingerprint density at radius 1 is 1.17 bits per heavy atom. The molecule has 0 aromatic heterocycles. The Labute approximate surface area is 174 Å². The molecule has 0 bridgehead atoms. The van der Waals surface area contributed by atoms with Gasteiger partial charge in [-0.1, -0.05) is 25.3 Å². The maximum absolute atomic E-state index is 11.9. The van der Waals surface area contributed by atoms with E-state index in [9.17, 15) is 9.59 Å². The number of esters is 2. The molecule has 0 radical (unpaired) electrons. The predicted molar refractivity (Wildman–Crippen MR) is 111 cm³/mol. The Morgan fingerprint density at radius 3 is 2.59 bits per heavy atom. The van der Waals surface area contributed by atoms with E-state index in [1.165, 1.54) is 19.4 Å². The van der Waals surface area contributed by atoms with Gasteiger partial charge in [-0.3, -0.25) is 9.59 Å². The predicted octanol–water partition coefficient (Wildman–Crippen LogP) is 4.67. The highest BCUT2D eigenvalue weighted by molar-refractivity contribution is 5.67. The quantitative estimate of drug-likeness (QED) is 0.385. The first-order valence-electron chi connectivity index (χ1n) is 11.3. The molecule has 29 heavy (non-hydrogen) atoms. The number of fused-ring (bicyclic) bond motifs is 5. The summed E-state index contributed by atoms with van der Waals surface area (Å²) in [5.41, 5.74) is 0.594. The maximum atomic E-state index is 11.9. The lowest BCUT2D eigenvalue weighted by Gasteiger charge is -2.58. The van der Waals surface area contributed by atoms with Crippen LogP contribution in [0.1, 0.15) is 72.6 Å². The molecule has 0 N–H and O–H groups in total. The van der Waals surface area contributed by atoms with Crippen molar-refractivity contribution < 1.29 is 19.1 Å². The zero-order valence-corrected chi connectivity index (χ0v) is 18.2. The van der Waals surface area contributed by atoms with Gasteiger partial charge >= 0.3 is 11.9 Å². The first-order valence-corrected chi connectivity index (χ1v) is 11.3. The van der Waals surface area contributed by atoms with Crippen molar-refractivity contribution in [2.75, 3.05) is 0 Å². The summed E-state index contributed by atoms with van der Waals surface area (Å²) in [6, 6.07) is 0. The Hall–Kier alpha value is -1.76. The number of hydrogen-bond donors (Lipinski definition) is 0. The lowest BCUT2D eigenvalue weighted by molar-refractivity contribution is -0.171. The molecule has 1 unspecified atom stereocenters. The third-order valence-corrected chi connectivity index (χ3v) is 8.70. The van der Waals surface area contributed by atoms with E-state index < -0.39 is 5.60 Å². The molecule has 0 heterocycles. The van der Waals surface area contributed by atoms with E-state index in [1.807, 2.05) is 0 Å². The van der Waals surface area contributed by atoms with Crippen molar-refractivity contribution in [1.82, 2.24) is 0 Å². The zero-order valence-electron chi connectivity index (χ0n) is 18.2. The monoisotopic (exact) mass is 398 g/mol. The van der Waals surface area contributed by atoms with E-state index in [4.69, 9.17) is 15.9 Å². The summed E-state index contributed by atoms with van der Waals surface area (Å²) >= 11 is 0. The fourth-order valence-electron chi connectivity index (χ4n) is 7.85. The number of ether oxygens (including phenoxy) is 2. The summed E-state index contributed by atoms with van der Waals surface area (Å²) in [6.45, 7) is 7.62. The average Bonchev–Trinajstić information content (AvgIpc) is 2.92. The van der Waals surface area contributed by atoms with Crippen molar-refractivity contribution in [3.8, 4) is 12.3 Å². The minimum absolute atomic E-state index is 0.0519. The molecule has 0 aromatic rings. The number of allylic oxidation sites excluding steroid dienone is 1. The lowest BCUT2D eigenvalue weighted by Crippen LogP contribution is -2.56. The second-order valence-electron chi connectivity index (χ2n) is 10.2. The molecule has 0 amide bonds. The van der Waals surface area contributed by atoms with Gasteiger partial charge in [0.05, 0.1) is 0 Å². The van der Waals surface area contributed by atoms with Gasteiger partial charge in [0, 0.05) is 19.3 Å². The van der Waals surface area contributed by atoms with Gasteiger partial charge in [-0.2, -0.15) is 0 Å². The molecule has 4 rings (SSSR count). The number of rotatable bonds is 2. The molecule has 4 aliphatic carbocycles. The van der Waals surface area contributed by atoms with Crippen LogP contribution in [0.15, 0.2) is 11.6 Å². The second kappa shape index (κ2) is 7.18. The van der Waals surface area contributed by atoms with Crippen LogP contribution in [0, 0.1) is 47.3 Å². The van der Waals surface area contributed by atoms with Gasteiger partial charge in [0.25, 0.3) is 0 Å². The molecular formula is C25H34O4. The molecule has 8 atom stereocenters. The number of carbonyl (C=O) groups is 2. The van der Waals surface area contributed by atoms with Crippen LogP contribution in [0.25, 0.3) is 0 Å². The van der Waals surface area contributed by atoms with Crippen LogP contribution in [0.3, 0.4) is 0 Å². The van der Waals surface area contributed by atoms with Gasteiger partial charge in [-0.15, -0.1) is 6.42 Å². The van der Waals surface area contributed by atoms with Gasteiger partial charge in [0.2, 0.25) is 0 Å². The van der Waals surface area contributed by atoms with Crippen LogP contribution in [-0.4, -0.2) is 23.6 Å². The summed E-state index contributed by atoms with van der Waals surface area (Å²) in [5.74, 6) is 5.39. The standard InChI is InChI=1S/C25H34O4/c1-6-25(29-17(4)27)12-11-22-21-9-7-18-13-19(28-16(3)26)8-10-20(18)23(21)15(2)14-24(22,25)5/h1,13,15,19-23H,7-12,14H2,2-5H3/t15-,19?,20-,21-,22-,23+,24-,25-/m0/s1. The number of terminal acetylenes is 1. The third-order valence-electron chi connectivity index (χ3n) is 8.70.